The monoisotopic (exact) mass is 229 g/mol. The molecule has 16 heavy (non-hydrogen) atoms. The van der Waals surface area contributed by atoms with E-state index < -0.39 is 0 Å². The maximum absolute atomic E-state index is 5.95. The van der Waals surface area contributed by atoms with Crippen molar-refractivity contribution in [1.29, 1.82) is 0 Å². The molecule has 4 heteroatoms. The molecule has 2 unspecified atom stereocenters. The van der Waals surface area contributed by atoms with Crippen molar-refractivity contribution < 1.29 is 14.2 Å². The second-order valence-electron chi connectivity index (χ2n) is 4.82. The van der Waals surface area contributed by atoms with Crippen molar-refractivity contribution >= 4 is 0 Å². The van der Waals surface area contributed by atoms with E-state index in [9.17, 15) is 0 Å². The van der Waals surface area contributed by atoms with Crippen molar-refractivity contribution in [1.82, 2.24) is 0 Å². The molecule has 0 aromatic heterocycles. The molecule has 2 aliphatic heterocycles. The third-order valence-corrected chi connectivity index (χ3v) is 3.53. The third kappa shape index (κ3) is 3.17. The van der Waals surface area contributed by atoms with Crippen molar-refractivity contribution in [3.05, 3.63) is 0 Å². The molecular formula is C12H23NO3. The molecule has 0 aromatic rings. The van der Waals surface area contributed by atoms with E-state index in [1.54, 1.807) is 0 Å². The molecule has 94 valence electrons. The summed E-state index contributed by atoms with van der Waals surface area (Å²) < 4.78 is 17.0. The number of hydrogen-bond acceptors (Lipinski definition) is 4. The second kappa shape index (κ2) is 5.96. The van der Waals surface area contributed by atoms with Gasteiger partial charge in [0, 0.05) is 26.4 Å². The summed E-state index contributed by atoms with van der Waals surface area (Å²) in [6.45, 7) is 3.70. The molecule has 2 heterocycles. The Bertz CT molecular complexity index is 198. The van der Waals surface area contributed by atoms with E-state index in [0.29, 0.717) is 19.3 Å². The Labute approximate surface area is 97.4 Å². The fourth-order valence-corrected chi connectivity index (χ4v) is 2.44. The van der Waals surface area contributed by atoms with Crippen LogP contribution in [0, 0.1) is 0 Å². The van der Waals surface area contributed by atoms with Crippen LogP contribution in [-0.4, -0.2) is 44.7 Å². The fourth-order valence-electron chi connectivity index (χ4n) is 2.44. The maximum atomic E-state index is 5.95. The first kappa shape index (κ1) is 12.3. The normalized spacial score (nSPS) is 35.4. The predicted molar refractivity (Wildman–Crippen MR) is 61.4 cm³/mol. The highest BCUT2D eigenvalue weighted by atomic mass is 16.5. The van der Waals surface area contributed by atoms with Gasteiger partial charge in [-0.3, -0.25) is 0 Å². The smallest absolute Gasteiger partial charge is 0.104 e. The van der Waals surface area contributed by atoms with Gasteiger partial charge in [-0.2, -0.15) is 0 Å². The van der Waals surface area contributed by atoms with Gasteiger partial charge in [0.2, 0.25) is 0 Å². The zero-order valence-electron chi connectivity index (χ0n) is 9.95. The largest absolute Gasteiger partial charge is 0.378 e. The average Bonchev–Trinajstić information content (AvgIpc) is 2.83. The van der Waals surface area contributed by atoms with Gasteiger partial charge in [-0.15, -0.1) is 0 Å². The predicted octanol–water partition coefficient (Wildman–Crippen LogP) is 1.08. The van der Waals surface area contributed by atoms with Gasteiger partial charge < -0.3 is 19.9 Å². The van der Waals surface area contributed by atoms with Gasteiger partial charge in [-0.05, 0) is 32.1 Å². The molecule has 2 fully saturated rings. The molecule has 0 saturated carbocycles. The summed E-state index contributed by atoms with van der Waals surface area (Å²) in [4.78, 5) is 0. The summed E-state index contributed by atoms with van der Waals surface area (Å²) in [6, 6.07) is 0. The Morgan fingerprint density at radius 3 is 2.88 bits per heavy atom. The van der Waals surface area contributed by atoms with Crippen LogP contribution >= 0.6 is 0 Å². The van der Waals surface area contributed by atoms with Gasteiger partial charge in [0.1, 0.15) is 5.60 Å². The fraction of sp³-hybridized carbons (Fsp3) is 1.00. The zero-order valence-corrected chi connectivity index (χ0v) is 9.95. The van der Waals surface area contributed by atoms with Gasteiger partial charge in [0.25, 0.3) is 0 Å². The van der Waals surface area contributed by atoms with Crippen LogP contribution in [0.2, 0.25) is 0 Å². The van der Waals surface area contributed by atoms with E-state index in [-0.39, 0.29) is 5.60 Å². The first-order valence-corrected chi connectivity index (χ1v) is 6.38. The van der Waals surface area contributed by atoms with Crippen molar-refractivity contribution in [2.75, 3.05) is 33.0 Å². The van der Waals surface area contributed by atoms with Crippen molar-refractivity contribution in [2.45, 2.75) is 43.8 Å². The van der Waals surface area contributed by atoms with Gasteiger partial charge >= 0.3 is 0 Å². The first-order valence-electron chi connectivity index (χ1n) is 6.38. The Hall–Kier alpha value is -0.160. The highest BCUT2D eigenvalue weighted by Gasteiger charge is 2.32. The van der Waals surface area contributed by atoms with Crippen molar-refractivity contribution in [3.8, 4) is 0 Å². The van der Waals surface area contributed by atoms with Gasteiger partial charge in [-0.25, -0.2) is 0 Å². The Kier molecular flexibility index (Phi) is 4.58. The second-order valence-corrected chi connectivity index (χ2v) is 4.82. The summed E-state index contributed by atoms with van der Waals surface area (Å²) >= 11 is 0. The molecule has 4 nitrogen and oxygen atoms in total. The number of ether oxygens (including phenoxy) is 3. The van der Waals surface area contributed by atoms with Crippen molar-refractivity contribution in [2.24, 2.45) is 5.73 Å². The van der Waals surface area contributed by atoms with Gasteiger partial charge in [0.05, 0.1) is 12.7 Å². The molecule has 0 bridgehead atoms. The minimum atomic E-state index is -0.225. The molecule has 0 amide bonds. The number of hydrogen-bond donors (Lipinski definition) is 1. The van der Waals surface area contributed by atoms with E-state index in [2.05, 4.69) is 0 Å². The summed E-state index contributed by atoms with van der Waals surface area (Å²) in [5.74, 6) is 0. The first-order chi connectivity index (χ1) is 7.85. The Morgan fingerprint density at radius 2 is 2.25 bits per heavy atom. The highest BCUT2D eigenvalue weighted by Crippen LogP contribution is 2.23. The Morgan fingerprint density at radius 1 is 1.31 bits per heavy atom. The third-order valence-electron chi connectivity index (χ3n) is 3.53. The topological polar surface area (TPSA) is 53.7 Å². The molecule has 2 rings (SSSR count). The molecule has 0 aromatic carbocycles. The van der Waals surface area contributed by atoms with Crippen molar-refractivity contribution in [3.63, 3.8) is 0 Å². The quantitative estimate of drug-likeness (QED) is 0.766. The summed E-state index contributed by atoms with van der Waals surface area (Å²) in [5.41, 5.74) is 5.57. The molecule has 2 aliphatic rings. The maximum Gasteiger partial charge on any atom is 0.104 e. The van der Waals surface area contributed by atoms with Gasteiger partial charge in [0.15, 0.2) is 0 Å². The lowest BCUT2D eigenvalue weighted by atomic mass is 9.96. The van der Waals surface area contributed by atoms with E-state index in [1.807, 2.05) is 0 Å². The van der Waals surface area contributed by atoms with E-state index in [0.717, 1.165) is 39.1 Å². The van der Waals surface area contributed by atoms with Gasteiger partial charge in [-0.1, -0.05) is 0 Å². The molecular weight excluding hydrogens is 206 g/mol. The minimum Gasteiger partial charge on any atom is -0.378 e. The van der Waals surface area contributed by atoms with Crippen LogP contribution < -0.4 is 5.73 Å². The van der Waals surface area contributed by atoms with E-state index in [4.69, 9.17) is 19.9 Å². The van der Waals surface area contributed by atoms with Crippen LogP contribution in [-0.2, 0) is 14.2 Å². The minimum absolute atomic E-state index is 0.225. The SMILES string of the molecule is NCC1(OCCC2CCCO2)CCCOC1. The molecule has 0 spiro atoms. The van der Waals surface area contributed by atoms with Crippen LogP contribution in [0.3, 0.4) is 0 Å². The Balaban J connectivity index is 1.69. The average molecular weight is 229 g/mol. The summed E-state index contributed by atoms with van der Waals surface area (Å²) in [6.07, 6.45) is 5.83. The van der Waals surface area contributed by atoms with Crippen LogP contribution in [0.15, 0.2) is 0 Å². The standard InChI is InChI=1S/C12H23NO3/c13-9-12(5-2-6-14-10-12)16-8-4-11-3-1-7-15-11/h11H,1-10,13H2. The molecule has 0 aliphatic carbocycles. The lowest BCUT2D eigenvalue weighted by Gasteiger charge is -2.36. The lowest BCUT2D eigenvalue weighted by molar-refractivity contribution is -0.127. The van der Waals surface area contributed by atoms with Crippen LogP contribution in [0.4, 0.5) is 0 Å². The molecule has 2 N–H and O–H groups in total. The van der Waals surface area contributed by atoms with Crippen LogP contribution in [0.5, 0.6) is 0 Å². The summed E-state index contributed by atoms with van der Waals surface area (Å²) in [7, 11) is 0. The lowest BCUT2D eigenvalue weighted by Crippen LogP contribution is -2.48. The van der Waals surface area contributed by atoms with E-state index in [1.165, 1.54) is 12.8 Å². The number of nitrogens with two attached hydrogens (primary N) is 1. The number of rotatable bonds is 5. The van der Waals surface area contributed by atoms with E-state index >= 15 is 0 Å². The highest BCUT2D eigenvalue weighted by molar-refractivity contribution is 4.84. The van der Waals surface area contributed by atoms with Crippen LogP contribution in [0.1, 0.15) is 32.1 Å². The molecule has 0 radical (unpaired) electrons. The molecule has 2 atom stereocenters. The summed E-state index contributed by atoms with van der Waals surface area (Å²) in [5, 5.41) is 0. The van der Waals surface area contributed by atoms with Crippen LogP contribution in [0.25, 0.3) is 0 Å². The molecule has 2 saturated heterocycles. The zero-order chi connectivity index (χ0) is 11.3.